The van der Waals surface area contributed by atoms with Gasteiger partial charge in [0.1, 0.15) is 0 Å². The number of benzene rings is 1. The first-order valence-electron chi connectivity index (χ1n) is 6.15. The van der Waals surface area contributed by atoms with Crippen LogP contribution < -0.4 is 16.0 Å². The van der Waals surface area contributed by atoms with E-state index >= 15 is 0 Å². The quantitative estimate of drug-likeness (QED) is 0.836. The van der Waals surface area contributed by atoms with E-state index in [4.69, 9.17) is 5.73 Å². The molecule has 0 aliphatic carbocycles. The molecule has 0 aliphatic rings. The molecule has 1 heterocycles. The zero-order valence-corrected chi connectivity index (χ0v) is 12.2. The minimum atomic E-state index is -0.0149. The molecule has 0 unspecified atom stereocenters. The highest BCUT2D eigenvalue weighted by Gasteiger charge is 2.12. The normalized spacial score (nSPS) is 10.7. The van der Waals surface area contributed by atoms with Gasteiger partial charge in [0.15, 0.2) is 0 Å². The van der Waals surface area contributed by atoms with Crippen molar-refractivity contribution in [3.05, 3.63) is 17.1 Å². The number of carbonyl (C=O) groups is 1. The molecular formula is C13H18N4OS. The third-order valence-corrected chi connectivity index (χ3v) is 3.74. The zero-order chi connectivity index (χ0) is 14.0. The molecule has 0 aliphatic heterocycles. The van der Waals surface area contributed by atoms with Gasteiger partial charge in [-0.1, -0.05) is 0 Å². The lowest BCUT2D eigenvalue weighted by Crippen LogP contribution is -2.35. The zero-order valence-electron chi connectivity index (χ0n) is 11.4. The molecule has 2 rings (SSSR count). The van der Waals surface area contributed by atoms with Crippen LogP contribution in [0.3, 0.4) is 0 Å². The van der Waals surface area contributed by atoms with Crippen LogP contribution in [0.25, 0.3) is 10.2 Å². The number of aryl methyl sites for hydroxylation is 1. The number of nitrogens with zero attached hydrogens (tertiary/aromatic N) is 2. The lowest BCUT2D eigenvalue weighted by atomic mass is 10.2. The van der Waals surface area contributed by atoms with E-state index in [2.05, 4.69) is 10.3 Å². The van der Waals surface area contributed by atoms with Crippen LogP contribution in [0.15, 0.2) is 12.1 Å². The summed E-state index contributed by atoms with van der Waals surface area (Å²) in [7, 11) is 1.85. The molecule has 0 spiro atoms. The Balaban J connectivity index is 2.28. The summed E-state index contributed by atoms with van der Waals surface area (Å²) < 4.78 is 1.07. The summed E-state index contributed by atoms with van der Waals surface area (Å²) in [6.45, 7) is 4.79. The predicted octanol–water partition coefficient (Wildman–Crippen LogP) is 1.76. The first kappa shape index (κ1) is 13.6. The Morgan fingerprint density at radius 2 is 2.26 bits per heavy atom. The van der Waals surface area contributed by atoms with E-state index in [-0.39, 0.29) is 12.5 Å². The van der Waals surface area contributed by atoms with Crippen LogP contribution in [0.5, 0.6) is 0 Å². The molecule has 1 aromatic heterocycles. The first-order chi connectivity index (χ1) is 9.01. The van der Waals surface area contributed by atoms with Crippen LogP contribution in [-0.2, 0) is 4.79 Å². The minimum Gasteiger partial charge on any atom is -0.397 e. The molecule has 102 valence electrons. The van der Waals surface area contributed by atoms with Crippen molar-refractivity contribution in [2.24, 2.45) is 0 Å². The summed E-state index contributed by atoms with van der Waals surface area (Å²) in [4.78, 5) is 17.9. The summed E-state index contributed by atoms with van der Waals surface area (Å²) in [6.07, 6.45) is 0. The molecule has 6 heteroatoms. The maximum atomic E-state index is 11.6. The van der Waals surface area contributed by atoms with E-state index in [1.54, 1.807) is 11.3 Å². The maximum absolute atomic E-state index is 11.6. The second-order valence-electron chi connectivity index (χ2n) is 4.42. The van der Waals surface area contributed by atoms with E-state index < -0.39 is 0 Å². The topological polar surface area (TPSA) is 71.2 Å². The number of amides is 1. The number of hydrogen-bond acceptors (Lipinski definition) is 5. The van der Waals surface area contributed by atoms with Gasteiger partial charge in [0.25, 0.3) is 0 Å². The van der Waals surface area contributed by atoms with Gasteiger partial charge in [-0.05, 0) is 26.0 Å². The summed E-state index contributed by atoms with van der Waals surface area (Å²) in [5.41, 5.74) is 8.48. The van der Waals surface area contributed by atoms with Crippen LogP contribution >= 0.6 is 11.3 Å². The standard InChI is InChI=1S/C13H18N4OS/c1-4-15-13(18)7-17(3)11-6-10-12(5-9(11)14)19-8(2)16-10/h5-6H,4,7,14H2,1-3H3,(H,15,18). The third-order valence-electron chi connectivity index (χ3n) is 2.81. The summed E-state index contributed by atoms with van der Waals surface area (Å²) >= 11 is 1.62. The lowest BCUT2D eigenvalue weighted by molar-refractivity contribution is -0.119. The summed E-state index contributed by atoms with van der Waals surface area (Å²) in [6, 6.07) is 3.86. The van der Waals surface area contributed by atoms with Crippen molar-refractivity contribution < 1.29 is 4.79 Å². The number of fused-ring (bicyclic) bond motifs is 1. The van der Waals surface area contributed by atoms with Gasteiger partial charge in [-0.25, -0.2) is 4.98 Å². The van der Waals surface area contributed by atoms with Gasteiger partial charge in [0, 0.05) is 13.6 Å². The number of nitrogens with one attached hydrogen (secondary N) is 1. The third kappa shape index (κ3) is 2.96. The Morgan fingerprint density at radius 3 is 2.95 bits per heavy atom. The molecule has 0 bridgehead atoms. The van der Waals surface area contributed by atoms with Gasteiger partial charge in [-0.2, -0.15) is 0 Å². The number of rotatable bonds is 4. The smallest absolute Gasteiger partial charge is 0.239 e. The number of hydrogen-bond donors (Lipinski definition) is 2. The van der Waals surface area contributed by atoms with Crippen molar-refractivity contribution in [1.29, 1.82) is 0 Å². The van der Waals surface area contributed by atoms with Crippen molar-refractivity contribution >= 4 is 38.8 Å². The average molecular weight is 278 g/mol. The second-order valence-corrected chi connectivity index (χ2v) is 5.66. The molecule has 3 N–H and O–H groups in total. The van der Waals surface area contributed by atoms with Crippen LogP contribution in [0.2, 0.25) is 0 Å². The van der Waals surface area contributed by atoms with E-state index in [9.17, 15) is 4.79 Å². The van der Waals surface area contributed by atoms with Gasteiger partial charge in [0.2, 0.25) is 5.91 Å². The fourth-order valence-corrected chi connectivity index (χ4v) is 2.84. The van der Waals surface area contributed by atoms with E-state index in [0.717, 1.165) is 20.9 Å². The highest BCUT2D eigenvalue weighted by molar-refractivity contribution is 7.18. The highest BCUT2D eigenvalue weighted by Crippen LogP contribution is 2.31. The summed E-state index contributed by atoms with van der Waals surface area (Å²) in [5, 5.41) is 3.78. The Bertz CT molecular complexity index is 608. The van der Waals surface area contributed by atoms with Crippen LogP contribution in [0, 0.1) is 6.92 Å². The molecule has 5 nitrogen and oxygen atoms in total. The molecule has 0 atom stereocenters. The molecule has 0 saturated carbocycles. The molecular weight excluding hydrogens is 260 g/mol. The van der Waals surface area contributed by atoms with E-state index in [1.807, 2.05) is 37.9 Å². The SMILES string of the molecule is CCNC(=O)CN(C)c1cc2nc(C)sc2cc1N. The van der Waals surface area contributed by atoms with Crippen LogP contribution in [0.4, 0.5) is 11.4 Å². The molecule has 1 amide bonds. The number of anilines is 2. The predicted molar refractivity (Wildman–Crippen MR) is 80.7 cm³/mol. The number of carbonyl (C=O) groups excluding carboxylic acids is 1. The maximum Gasteiger partial charge on any atom is 0.239 e. The van der Waals surface area contributed by atoms with E-state index in [1.165, 1.54) is 0 Å². The van der Waals surface area contributed by atoms with Crippen molar-refractivity contribution in [2.45, 2.75) is 13.8 Å². The minimum absolute atomic E-state index is 0.0149. The number of aromatic nitrogens is 1. The molecule has 0 saturated heterocycles. The van der Waals surface area contributed by atoms with Crippen LogP contribution in [0.1, 0.15) is 11.9 Å². The van der Waals surface area contributed by atoms with Crippen molar-refractivity contribution in [2.75, 3.05) is 30.8 Å². The fourth-order valence-electron chi connectivity index (χ4n) is 1.98. The lowest BCUT2D eigenvalue weighted by Gasteiger charge is -2.20. The molecule has 2 aromatic rings. The Labute approximate surface area is 116 Å². The van der Waals surface area contributed by atoms with Crippen molar-refractivity contribution in [3.63, 3.8) is 0 Å². The van der Waals surface area contributed by atoms with Crippen LogP contribution in [-0.4, -0.2) is 31.0 Å². The number of nitrogens with two attached hydrogens (primary N) is 1. The largest absolute Gasteiger partial charge is 0.397 e. The van der Waals surface area contributed by atoms with Gasteiger partial charge in [0.05, 0.1) is 33.1 Å². The number of nitrogen functional groups attached to an aromatic ring is 1. The van der Waals surface area contributed by atoms with Crippen molar-refractivity contribution in [3.8, 4) is 0 Å². The summed E-state index contributed by atoms with van der Waals surface area (Å²) in [5.74, 6) is -0.0149. The molecule has 0 radical (unpaired) electrons. The van der Waals surface area contributed by atoms with Gasteiger partial charge < -0.3 is 16.0 Å². The Kier molecular flexibility index (Phi) is 3.90. The molecule has 19 heavy (non-hydrogen) atoms. The Hall–Kier alpha value is -1.82. The average Bonchev–Trinajstić information content (AvgIpc) is 2.67. The monoisotopic (exact) mass is 278 g/mol. The Morgan fingerprint density at radius 1 is 1.53 bits per heavy atom. The fraction of sp³-hybridized carbons (Fsp3) is 0.385. The number of likely N-dealkylation sites (N-methyl/N-ethyl adjacent to an activating group) is 2. The van der Waals surface area contributed by atoms with Crippen molar-refractivity contribution in [1.82, 2.24) is 10.3 Å². The highest BCUT2D eigenvalue weighted by atomic mass is 32.1. The first-order valence-corrected chi connectivity index (χ1v) is 6.97. The second kappa shape index (κ2) is 5.44. The van der Waals surface area contributed by atoms with Gasteiger partial charge in [-0.3, -0.25) is 4.79 Å². The molecule has 0 fully saturated rings. The van der Waals surface area contributed by atoms with E-state index in [0.29, 0.717) is 12.2 Å². The van der Waals surface area contributed by atoms with Gasteiger partial charge in [-0.15, -0.1) is 11.3 Å². The number of thiazole rings is 1. The molecule has 1 aromatic carbocycles. The van der Waals surface area contributed by atoms with Gasteiger partial charge >= 0.3 is 0 Å².